The minimum atomic E-state index is -0.333. The quantitative estimate of drug-likeness (QED) is 0.678. The molecule has 0 bridgehead atoms. The minimum absolute atomic E-state index is 0.0608. The van der Waals surface area contributed by atoms with Crippen molar-refractivity contribution in [1.29, 1.82) is 0 Å². The summed E-state index contributed by atoms with van der Waals surface area (Å²) in [5.74, 6) is -0.480. The number of carbonyl (C=O) groups is 3. The molecule has 2 aliphatic heterocycles. The van der Waals surface area contributed by atoms with Gasteiger partial charge in [0.05, 0.1) is 5.92 Å². The smallest absolute Gasteiger partial charge is 0.290 e. The van der Waals surface area contributed by atoms with Crippen molar-refractivity contribution in [3.05, 3.63) is 5.01 Å². The SMILES string of the molecule is COCc1nnc(N2CC(C(=O)NC3CCOCC3)CC2=O)s1.O=CO. The van der Waals surface area contributed by atoms with Gasteiger partial charge in [0, 0.05) is 39.3 Å². The fourth-order valence-corrected chi connectivity index (χ4v) is 3.60. The van der Waals surface area contributed by atoms with E-state index in [9.17, 15) is 9.59 Å². The van der Waals surface area contributed by atoms with Crippen LogP contribution in [-0.2, 0) is 30.5 Å². The largest absolute Gasteiger partial charge is 0.483 e. The third-order valence-electron chi connectivity index (χ3n) is 4.02. The maximum absolute atomic E-state index is 12.4. The van der Waals surface area contributed by atoms with E-state index in [1.165, 1.54) is 11.3 Å². The lowest BCUT2D eigenvalue weighted by Crippen LogP contribution is -2.42. The predicted molar refractivity (Wildman–Crippen MR) is 91.8 cm³/mol. The van der Waals surface area contributed by atoms with Gasteiger partial charge in [0.15, 0.2) is 0 Å². The van der Waals surface area contributed by atoms with Gasteiger partial charge in [-0.3, -0.25) is 19.3 Å². The van der Waals surface area contributed by atoms with E-state index in [-0.39, 0.29) is 36.7 Å². The van der Waals surface area contributed by atoms with Crippen LogP contribution >= 0.6 is 11.3 Å². The maximum Gasteiger partial charge on any atom is 0.290 e. The summed E-state index contributed by atoms with van der Waals surface area (Å²) >= 11 is 1.32. The maximum atomic E-state index is 12.4. The summed E-state index contributed by atoms with van der Waals surface area (Å²) in [5.41, 5.74) is 0. The summed E-state index contributed by atoms with van der Waals surface area (Å²) in [6, 6.07) is 0.148. The molecule has 0 radical (unpaired) electrons. The number of amides is 2. The topological polar surface area (TPSA) is 131 Å². The van der Waals surface area contributed by atoms with Crippen molar-refractivity contribution >= 4 is 34.8 Å². The number of hydrogen-bond acceptors (Lipinski definition) is 8. The third kappa shape index (κ3) is 5.44. The highest BCUT2D eigenvalue weighted by molar-refractivity contribution is 7.15. The molecule has 144 valence electrons. The normalized spacial score (nSPS) is 20.4. The Morgan fingerprint density at radius 3 is 2.81 bits per heavy atom. The van der Waals surface area contributed by atoms with Crippen LogP contribution in [0.3, 0.4) is 0 Å². The number of ether oxygens (including phenoxy) is 2. The predicted octanol–water partition coefficient (Wildman–Crippen LogP) is 0.0334. The fourth-order valence-electron chi connectivity index (χ4n) is 2.76. The number of aromatic nitrogens is 2. The molecule has 3 heterocycles. The van der Waals surface area contributed by atoms with Crippen LogP contribution in [0.1, 0.15) is 24.3 Å². The summed E-state index contributed by atoms with van der Waals surface area (Å²) in [7, 11) is 1.58. The lowest BCUT2D eigenvalue weighted by molar-refractivity contribution is -0.127. The van der Waals surface area contributed by atoms with Gasteiger partial charge in [-0.25, -0.2) is 0 Å². The van der Waals surface area contributed by atoms with Gasteiger partial charge in [0.2, 0.25) is 16.9 Å². The zero-order chi connectivity index (χ0) is 18.9. The van der Waals surface area contributed by atoms with Gasteiger partial charge < -0.3 is 19.9 Å². The minimum Gasteiger partial charge on any atom is -0.483 e. The van der Waals surface area contributed by atoms with Crippen LogP contribution in [0.5, 0.6) is 0 Å². The molecule has 1 aromatic heterocycles. The average Bonchev–Trinajstić information content (AvgIpc) is 3.23. The van der Waals surface area contributed by atoms with Crippen molar-refractivity contribution in [2.75, 3.05) is 31.8 Å². The Balaban J connectivity index is 0.000000758. The molecule has 11 heteroatoms. The summed E-state index contributed by atoms with van der Waals surface area (Å²) in [5, 5.41) is 19.2. The van der Waals surface area contributed by atoms with Crippen molar-refractivity contribution in [2.24, 2.45) is 5.92 Å². The van der Waals surface area contributed by atoms with E-state index >= 15 is 0 Å². The number of anilines is 1. The molecule has 2 fully saturated rings. The van der Waals surface area contributed by atoms with Crippen LogP contribution in [0.4, 0.5) is 5.13 Å². The summed E-state index contributed by atoms with van der Waals surface area (Å²) in [6.45, 7) is 1.82. The number of nitrogens with zero attached hydrogens (tertiary/aromatic N) is 3. The molecule has 10 nitrogen and oxygen atoms in total. The number of nitrogens with one attached hydrogen (secondary N) is 1. The molecule has 2 amide bonds. The molecule has 3 rings (SSSR count). The highest BCUT2D eigenvalue weighted by Gasteiger charge is 2.37. The van der Waals surface area contributed by atoms with Gasteiger partial charge in [-0.1, -0.05) is 11.3 Å². The van der Waals surface area contributed by atoms with E-state index in [2.05, 4.69) is 15.5 Å². The highest BCUT2D eigenvalue weighted by atomic mass is 32.1. The van der Waals surface area contributed by atoms with Crippen LogP contribution in [0.15, 0.2) is 0 Å². The second-order valence-corrected chi connectivity index (χ2v) is 6.86. The van der Waals surface area contributed by atoms with Crippen molar-refractivity contribution < 1.29 is 29.0 Å². The van der Waals surface area contributed by atoms with Crippen LogP contribution in [-0.4, -0.2) is 66.5 Å². The zero-order valence-electron chi connectivity index (χ0n) is 14.4. The Hall–Kier alpha value is -2.11. The molecule has 2 saturated heterocycles. The first-order valence-corrected chi connectivity index (χ1v) is 8.98. The van der Waals surface area contributed by atoms with Crippen molar-refractivity contribution in [2.45, 2.75) is 31.9 Å². The molecule has 1 atom stereocenters. The number of carboxylic acid groups (broad SMARTS) is 1. The molecule has 2 N–H and O–H groups in total. The van der Waals surface area contributed by atoms with E-state index < -0.39 is 0 Å². The second-order valence-electron chi connectivity index (χ2n) is 5.82. The Morgan fingerprint density at radius 1 is 1.46 bits per heavy atom. The average molecular weight is 386 g/mol. The van der Waals surface area contributed by atoms with E-state index in [4.69, 9.17) is 19.4 Å². The molecule has 1 aromatic rings. The molecule has 0 aliphatic carbocycles. The number of rotatable bonds is 5. The zero-order valence-corrected chi connectivity index (χ0v) is 15.2. The first kappa shape index (κ1) is 20.2. The number of hydrogen-bond donors (Lipinski definition) is 2. The van der Waals surface area contributed by atoms with Gasteiger partial charge in [-0.15, -0.1) is 10.2 Å². The van der Waals surface area contributed by atoms with Gasteiger partial charge in [-0.05, 0) is 12.8 Å². The lowest BCUT2D eigenvalue weighted by Gasteiger charge is -2.24. The van der Waals surface area contributed by atoms with Gasteiger partial charge in [-0.2, -0.15) is 0 Å². The molecule has 0 aromatic carbocycles. The highest BCUT2D eigenvalue weighted by Crippen LogP contribution is 2.28. The first-order chi connectivity index (χ1) is 12.6. The molecule has 0 spiro atoms. The summed E-state index contributed by atoms with van der Waals surface area (Å²) < 4.78 is 10.3. The molecule has 26 heavy (non-hydrogen) atoms. The molecule has 2 aliphatic rings. The first-order valence-electron chi connectivity index (χ1n) is 8.16. The van der Waals surface area contributed by atoms with E-state index in [1.807, 2.05) is 0 Å². The monoisotopic (exact) mass is 386 g/mol. The number of carbonyl (C=O) groups excluding carboxylic acids is 2. The van der Waals surface area contributed by atoms with Crippen LogP contribution in [0.25, 0.3) is 0 Å². The molecular formula is C15H22N4O6S. The van der Waals surface area contributed by atoms with Crippen molar-refractivity contribution in [3.8, 4) is 0 Å². The Morgan fingerprint density at radius 2 is 2.15 bits per heavy atom. The van der Waals surface area contributed by atoms with Gasteiger partial charge >= 0.3 is 0 Å². The molecule has 0 saturated carbocycles. The standard InChI is InChI=1S/C14H20N4O4S.CH2O2/c1-21-8-11-16-17-14(23-11)18-7-9(6-12(18)19)13(20)15-10-2-4-22-5-3-10;2-1-3/h9-10H,2-8H2,1H3,(H,15,20);1H,(H,2,3). The van der Waals surface area contributed by atoms with E-state index in [1.54, 1.807) is 12.0 Å². The van der Waals surface area contributed by atoms with Gasteiger partial charge in [0.25, 0.3) is 6.47 Å². The fraction of sp³-hybridized carbons (Fsp3) is 0.667. The Labute approximate surface area is 154 Å². The lowest BCUT2D eigenvalue weighted by atomic mass is 10.0. The molecule has 1 unspecified atom stereocenters. The second kappa shape index (κ2) is 10.1. The van der Waals surface area contributed by atoms with Crippen molar-refractivity contribution in [1.82, 2.24) is 15.5 Å². The van der Waals surface area contributed by atoms with E-state index in [0.29, 0.717) is 36.5 Å². The summed E-state index contributed by atoms with van der Waals surface area (Å²) in [4.78, 5) is 34.5. The van der Waals surface area contributed by atoms with E-state index in [0.717, 1.165) is 12.8 Å². The van der Waals surface area contributed by atoms with Crippen molar-refractivity contribution in [3.63, 3.8) is 0 Å². The Bertz CT molecular complexity index is 619. The van der Waals surface area contributed by atoms with Gasteiger partial charge in [0.1, 0.15) is 11.6 Å². The summed E-state index contributed by atoms with van der Waals surface area (Å²) in [6.07, 6.45) is 1.87. The van der Waals surface area contributed by atoms with Crippen LogP contribution < -0.4 is 10.2 Å². The third-order valence-corrected chi connectivity index (χ3v) is 4.94. The number of methoxy groups -OCH3 is 1. The van der Waals surface area contributed by atoms with Crippen LogP contribution in [0.2, 0.25) is 0 Å². The molecular weight excluding hydrogens is 364 g/mol. The van der Waals surface area contributed by atoms with Crippen LogP contribution in [0, 0.1) is 5.92 Å². The Kier molecular flexibility index (Phi) is 7.88.